The molecule has 1 rings (SSSR count). The Morgan fingerprint density at radius 1 is 1.44 bits per heavy atom. The Labute approximate surface area is 92.6 Å². The Balaban J connectivity index is 2.27. The zero-order valence-corrected chi connectivity index (χ0v) is 8.89. The van der Waals surface area contributed by atoms with Gasteiger partial charge in [0.15, 0.2) is 0 Å². The Morgan fingerprint density at radius 2 is 2.12 bits per heavy atom. The standard InChI is InChI=1S/C10H13NO5/c1-15-8(12)2-3-9(13)16-6-7-4-5-11-10(7)14/h2-3,7H,4-6H2,1H3,(H,11,14)/b3-2+/t7-/m0/s1. The van der Waals surface area contributed by atoms with Crippen molar-refractivity contribution in [2.75, 3.05) is 20.3 Å². The van der Waals surface area contributed by atoms with Crippen LogP contribution in [0.3, 0.4) is 0 Å². The van der Waals surface area contributed by atoms with Crippen LogP contribution in [0.25, 0.3) is 0 Å². The van der Waals surface area contributed by atoms with E-state index in [2.05, 4.69) is 10.1 Å². The lowest BCUT2D eigenvalue weighted by Gasteiger charge is -2.05. The van der Waals surface area contributed by atoms with E-state index in [1.54, 1.807) is 0 Å². The molecule has 0 unspecified atom stereocenters. The molecule has 1 saturated heterocycles. The minimum Gasteiger partial charge on any atom is -0.466 e. The number of esters is 2. The number of methoxy groups -OCH3 is 1. The maximum absolute atomic E-state index is 11.1. The van der Waals surface area contributed by atoms with Gasteiger partial charge in [-0.05, 0) is 6.42 Å². The maximum Gasteiger partial charge on any atom is 0.331 e. The SMILES string of the molecule is COC(=O)/C=C/C(=O)OC[C@@H]1CCNC1=O. The molecule has 1 aliphatic heterocycles. The molecule has 6 nitrogen and oxygen atoms in total. The average Bonchev–Trinajstić information content (AvgIpc) is 2.69. The second kappa shape index (κ2) is 5.89. The van der Waals surface area contributed by atoms with Crippen molar-refractivity contribution in [2.24, 2.45) is 5.92 Å². The van der Waals surface area contributed by atoms with Crippen LogP contribution in [-0.2, 0) is 23.9 Å². The van der Waals surface area contributed by atoms with Crippen LogP contribution in [0.2, 0.25) is 0 Å². The molecule has 1 atom stereocenters. The molecule has 1 aliphatic rings. The lowest BCUT2D eigenvalue weighted by Crippen LogP contribution is -2.23. The van der Waals surface area contributed by atoms with E-state index >= 15 is 0 Å². The van der Waals surface area contributed by atoms with E-state index in [9.17, 15) is 14.4 Å². The zero-order valence-electron chi connectivity index (χ0n) is 8.89. The van der Waals surface area contributed by atoms with Gasteiger partial charge in [0.05, 0.1) is 13.0 Å². The minimum absolute atomic E-state index is 0.0379. The van der Waals surface area contributed by atoms with E-state index in [1.807, 2.05) is 0 Å². The molecule has 0 aromatic carbocycles. The molecule has 1 amide bonds. The fraction of sp³-hybridized carbons (Fsp3) is 0.500. The highest BCUT2D eigenvalue weighted by molar-refractivity contribution is 5.91. The highest BCUT2D eigenvalue weighted by Crippen LogP contribution is 2.09. The van der Waals surface area contributed by atoms with Crippen molar-refractivity contribution in [3.63, 3.8) is 0 Å². The third-order valence-corrected chi connectivity index (χ3v) is 2.15. The van der Waals surface area contributed by atoms with E-state index in [1.165, 1.54) is 7.11 Å². The Morgan fingerprint density at radius 3 is 2.69 bits per heavy atom. The number of rotatable bonds is 4. The fourth-order valence-corrected chi connectivity index (χ4v) is 1.24. The molecule has 0 bridgehead atoms. The van der Waals surface area contributed by atoms with Crippen molar-refractivity contribution in [2.45, 2.75) is 6.42 Å². The molecular weight excluding hydrogens is 214 g/mol. The lowest BCUT2D eigenvalue weighted by molar-refractivity contribution is -0.141. The first-order valence-electron chi connectivity index (χ1n) is 4.84. The maximum atomic E-state index is 11.1. The molecule has 1 fully saturated rings. The van der Waals surface area contributed by atoms with Crippen LogP contribution >= 0.6 is 0 Å². The normalized spacial score (nSPS) is 19.6. The highest BCUT2D eigenvalue weighted by Gasteiger charge is 2.24. The molecule has 0 radical (unpaired) electrons. The number of ether oxygens (including phenoxy) is 2. The average molecular weight is 227 g/mol. The minimum atomic E-state index is -0.662. The second-order valence-electron chi connectivity index (χ2n) is 3.26. The van der Waals surface area contributed by atoms with Crippen molar-refractivity contribution in [3.05, 3.63) is 12.2 Å². The quantitative estimate of drug-likeness (QED) is 0.512. The van der Waals surface area contributed by atoms with Gasteiger partial charge in [0.25, 0.3) is 0 Å². The van der Waals surface area contributed by atoms with E-state index in [4.69, 9.17) is 4.74 Å². The first kappa shape index (κ1) is 12.2. The van der Waals surface area contributed by atoms with E-state index in [-0.39, 0.29) is 18.4 Å². The van der Waals surface area contributed by atoms with Gasteiger partial charge in [-0.1, -0.05) is 0 Å². The van der Waals surface area contributed by atoms with Crippen molar-refractivity contribution in [3.8, 4) is 0 Å². The van der Waals surface area contributed by atoms with Gasteiger partial charge >= 0.3 is 11.9 Å². The second-order valence-corrected chi connectivity index (χ2v) is 3.26. The van der Waals surface area contributed by atoms with Crippen LogP contribution in [0, 0.1) is 5.92 Å². The largest absolute Gasteiger partial charge is 0.466 e. The summed E-state index contributed by atoms with van der Waals surface area (Å²) in [6.45, 7) is 0.648. The number of hydrogen-bond donors (Lipinski definition) is 1. The van der Waals surface area contributed by atoms with Gasteiger partial charge in [-0.3, -0.25) is 4.79 Å². The van der Waals surface area contributed by atoms with Crippen molar-refractivity contribution in [1.82, 2.24) is 5.32 Å². The van der Waals surface area contributed by atoms with Gasteiger partial charge in [0.1, 0.15) is 6.61 Å². The Hall–Kier alpha value is -1.85. The number of nitrogens with one attached hydrogen (secondary N) is 1. The fourth-order valence-electron chi connectivity index (χ4n) is 1.24. The van der Waals surface area contributed by atoms with Gasteiger partial charge in [-0.25, -0.2) is 9.59 Å². The zero-order chi connectivity index (χ0) is 12.0. The summed E-state index contributed by atoms with van der Waals surface area (Å²) in [5, 5.41) is 2.63. The van der Waals surface area contributed by atoms with Gasteiger partial charge in [-0.2, -0.15) is 0 Å². The Bertz CT molecular complexity index is 323. The number of amides is 1. The van der Waals surface area contributed by atoms with Gasteiger partial charge < -0.3 is 14.8 Å². The molecule has 0 aliphatic carbocycles. The smallest absolute Gasteiger partial charge is 0.331 e. The number of hydrogen-bond acceptors (Lipinski definition) is 5. The molecule has 0 aromatic heterocycles. The predicted molar refractivity (Wildman–Crippen MR) is 53.2 cm³/mol. The topological polar surface area (TPSA) is 81.7 Å². The molecule has 0 saturated carbocycles. The van der Waals surface area contributed by atoms with Crippen LogP contribution < -0.4 is 5.32 Å². The highest BCUT2D eigenvalue weighted by atomic mass is 16.5. The van der Waals surface area contributed by atoms with Crippen LogP contribution in [0.4, 0.5) is 0 Å². The summed E-state index contributed by atoms with van der Waals surface area (Å²) in [4.78, 5) is 32.8. The third-order valence-electron chi connectivity index (χ3n) is 2.15. The van der Waals surface area contributed by atoms with Crippen molar-refractivity contribution >= 4 is 17.8 Å². The summed E-state index contributed by atoms with van der Waals surface area (Å²) in [6, 6.07) is 0. The molecule has 1 heterocycles. The van der Waals surface area contributed by atoms with Crippen LogP contribution in [0.15, 0.2) is 12.2 Å². The van der Waals surface area contributed by atoms with Gasteiger partial charge in [0.2, 0.25) is 5.91 Å². The molecular formula is C10H13NO5. The summed E-state index contributed by atoms with van der Waals surface area (Å²) in [5.41, 5.74) is 0. The van der Waals surface area contributed by atoms with E-state index in [0.717, 1.165) is 12.2 Å². The first-order chi connectivity index (χ1) is 7.63. The lowest BCUT2D eigenvalue weighted by atomic mass is 10.1. The van der Waals surface area contributed by atoms with Crippen LogP contribution in [-0.4, -0.2) is 38.1 Å². The summed E-state index contributed by atoms with van der Waals surface area (Å²) < 4.78 is 9.09. The molecule has 88 valence electrons. The molecule has 0 aromatic rings. The molecule has 6 heteroatoms. The predicted octanol–water partition coefficient (Wildman–Crippen LogP) is -0.605. The van der Waals surface area contributed by atoms with E-state index < -0.39 is 11.9 Å². The van der Waals surface area contributed by atoms with Crippen molar-refractivity contribution < 1.29 is 23.9 Å². The number of carbonyl (C=O) groups is 3. The first-order valence-corrected chi connectivity index (χ1v) is 4.84. The Kier molecular flexibility index (Phi) is 4.50. The summed E-state index contributed by atoms with van der Waals surface area (Å²) >= 11 is 0. The molecule has 1 N–H and O–H groups in total. The summed E-state index contributed by atoms with van der Waals surface area (Å²) in [7, 11) is 1.21. The number of carbonyl (C=O) groups excluding carboxylic acids is 3. The van der Waals surface area contributed by atoms with Gasteiger partial charge in [-0.15, -0.1) is 0 Å². The summed E-state index contributed by atoms with van der Waals surface area (Å²) in [5.74, 6) is -1.68. The van der Waals surface area contributed by atoms with Crippen LogP contribution in [0.1, 0.15) is 6.42 Å². The summed E-state index contributed by atoms with van der Waals surface area (Å²) in [6.07, 6.45) is 2.60. The third kappa shape index (κ3) is 3.72. The molecule has 0 spiro atoms. The van der Waals surface area contributed by atoms with Crippen LogP contribution in [0.5, 0.6) is 0 Å². The van der Waals surface area contributed by atoms with Gasteiger partial charge in [0, 0.05) is 18.7 Å². The monoisotopic (exact) mass is 227 g/mol. The molecule has 16 heavy (non-hydrogen) atoms. The van der Waals surface area contributed by atoms with E-state index in [0.29, 0.717) is 13.0 Å². The van der Waals surface area contributed by atoms with Crippen molar-refractivity contribution in [1.29, 1.82) is 0 Å².